The molecule has 1 aliphatic rings. The molecule has 5 nitrogen and oxygen atoms in total. The molecule has 102 valence electrons. The van der Waals surface area contributed by atoms with E-state index >= 15 is 0 Å². The van der Waals surface area contributed by atoms with Crippen LogP contribution in [0.5, 0.6) is 11.5 Å². The lowest BCUT2D eigenvalue weighted by molar-refractivity contribution is 0.0761. The first-order valence-electron chi connectivity index (χ1n) is 6.10. The van der Waals surface area contributed by atoms with Crippen molar-refractivity contribution >= 4 is 5.91 Å². The fourth-order valence-electron chi connectivity index (χ4n) is 2.09. The molecular weight excluding hydrogens is 246 g/mol. The van der Waals surface area contributed by atoms with Crippen LogP contribution in [0.3, 0.4) is 0 Å². The van der Waals surface area contributed by atoms with Gasteiger partial charge >= 0.3 is 0 Å². The Kier molecular flexibility index (Phi) is 4.06. The number of aromatic hydroxyl groups is 2. The predicted octanol–water partition coefficient (Wildman–Crippen LogP) is 1.52. The average Bonchev–Trinajstić information content (AvgIpc) is 2.42. The summed E-state index contributed by atoms with van der Waals surface area (Å²) in [6.07, 6.45) is 2.73. The van der Waals surface area contributed by atoms with Crippen molar-refractivity contribution in [3.8, 4) is 11.5 Å². The van der Waals surface area contributed by atoms with Crippen LogP contribution in [-0.4, -0.2) is 47.8 Å². The number of hydrogen-bond acceptors (Lipinski definition) is 4. The van der Waals surface area contributed by atoms with Gasteiger partial charge < -0.3 is 19.8 Å². The normalized spacial score (nSPS) is 15.2. The maximum Gasteiger partial charge on any atom is 0.258 e. The Hall–Kier alpha value is -2.01. The standard InChI is InChI=1S/C14H17NO4/c1-19-9-10-5-7-15(8-6-10)14(18)11-3-2-4-12(16)13(11)17/h2-5,16-17H,6-9H2,1H3. The SMILES string of the molecule is COCC1=CCN(C(=O)c2cccc(O)c2O)CC1. The van der Waals surface area contributed by atoms with E-state index < -0.39 is 0 Å². The molecule has 0 fully saturated rings. The summed E-state index contributed by atoms with van der Waals surface area (Å²) in [6, 6.07) is 4.39. The second-order valence-electron chi connectivity index (χ2n) is 4.47. The Morgan fingerprint density at radius 3 is 2.84 bits per heavy atom. The molecule has 0 saturated carbocycles. The Labute approximate surface area is 111 Å². The third-order valence-electron chi connectivity index (χ3n) is 3.17. The number of benzene rings is 1. The number of ether oxygens (including phenoxy) is 1. The highest BCUT2D eigenvalue weighted by Gasteiger charge is 2.22. The zero-order valence-electron chi connectivity index (χ0n) is 10.8. The molecule has 2 rings (SSSR count). The number of para-hydroxylation sites is 1. The molecule has 5 heteroatoms. The lowest BCUT2D eigenvalue weighted by Crippen LogP contribution is -2.35. The summed E-state index contributed by atoms with van der Waals surface area (Å²) < 4.78 is 5.05. The molecule has 0 aromatic heterocycles. The van der Waals surface area contributed by atoms with Gasteiger partial charge in [0.15, 0.2) is 11.5 Å². The Morgan fingerprint density at radius 1 is 1.42 bits per heavy atom. The minimum atomic E-state index is -0.362. The maximum atomic E-state index is 12.2. The van der Waals surface area contributed by atoms with E-state index in [1.54, 1.807) is 18.1 Å². The smallest absolute Gasteiger partial charge is 0.258 e. The van der Waals surface area contributed by atoms with Gasteiger partial charge in [-0.05, 0) is 24.1 Å². The van der Waals surface area contributed by atoms with E-state index in [4.69, 9.17) is 4.74 Å². The van der Waals surface area contributed by atoms with Gasteiger partial charge in [-0.2, -0.15) is 0 Å². The molecule has 0 atom stereocenters. The summed E-state index contributed by atoms with van der Waals surface area (Å²) >= 11 is 0. The fraction of sp³-hybridized carbons (Fsp3) is 0.357. The van der Waals surface area contributed by atoms with Crippen LogP contribution >= 0.6 is 0 Å². The largest absolute Gasteiger partial charge is 0.504 e. The molecule has 0 radical (unpaired) electrons. The van der Waals surface area contributed by atoms with E-state index in [2.05, 4.69) is 0 Å². The van der Waals surface area contributed by atoms with Gasteiger partial charge in [-0.1, -0.05) is 12.1 Å². The minimum absolute atomic E-state index is 0.128. The van der Waals surface area contributed by atoms with Crippen molar-refractivity contribution < 1.29 is 19.7 Å². The summed E-state index contributed by atoms with van der Waals surface area (Å²) in [4.78, 5) is 13.9. The van der Waals surface area contributed by atoms with E-state index in [1.807, 2.05) is 6.08 Å². The van der Waals surface area contributed by atoms with Crippen LogP contribution in [0.15, 0.2) is 29.8 Å². The van der Waals surface area contributed by atoms with Crippen LogP contribution in [0.4, 0.5) is 0 Å². The molecule has 1 aliphatic heterocycles. The summed E-state index contributed by atoms with van der Waals surface area (Å²) in [7, 11) is 1.64. The van der Waals surface area contributed by atoms with Gasteiger partial charge in [-0.15, -0.1) is 0 Å². The van der Waals surface area contributed by atoms with Crippen molar-refractivity contribution in [3.05, 3.63) is 35.4 Å². The van der Waals surface area contributed by atoms with Gasteiger partial charge in [-0.25, -0.2) is 0 Å². The molecule has 2 N–H and O–H groups in total. The van der Waals surface area contributed by atoms with Crippen LogP contribution in [0.2, 0.25) is 0 Å². The van der Waals surface area contributed by atoms with E-state index in [1.165, 1.54) is 17.7 Å². The average molecular weight is 263 g/mol. The van der Waals surface area contributed by atoms with Crippen molar-refractivity contribution in [2.24, 2.45) is 0 Å². The maximum absolute atomic E-state index is 12.2. The summed E-state index contributed by atoms with van der Waals surface area (Å²) in [6.45, 7) is 1.66. The molecule has 1 heterocycles. The number of carbonyl (C=O) groups is 1. The quantitative estimate of drug-likeness (QED) is 0.640. The minimum Gasteiger partial charge on any atom is -0.504 e. The molecule has 0 spiro atoms. The highest BCUT2D eigenvalue weighted by molar-refractivity contribution is 5.97. The van der Waals surface area contributed by atoms with Gasteiger partial charge in [0, 0.05) is 20.2 Å². The number of amides is 1. The third-order valence-corrected chi connectivity index (χ3v) is 3.17. The zero-order valence-corrected chi connectivity index (χ0v) is 10.8. The molecule has 1 aromatic rings. The Bertz CT molecular complexity index is 510. The summed E-state index contributed by atoms with van der Waals surface area (Å²) in [5.74, 6) is -0.918. The lowest BCUT2D eigenvalue weighted by atomic mass is 10.1. The fourth-order valence-corrected chi connectivity index (χ4v) is 2.09. The number of rotatable bonds is 3. The van der Waals surface area contributed by atoms with E-state index in [0.29, 0.717) is 19.7 Å². The number of phenols is 2. The van der Waals surface area contributed by atoms with Crippen LogP contribution in [0, 0.1) is 0 Å². The van der Waals surface area contributed by atoms with Crippen molar-refractivity contribution in [3.63, 3.8) is 0 Å². The molecule has 1 aromatic carbocycles. The van der Waals surface area contributed by atoms with E-state index in [9.17, 15) is 15.0 Å². The topological polar surface area (TPSA) is 70.0 Å². The molecule has 0 bridgehead atoms. The Balaban J connectivity index is 2.12. The number of hydrogen-bond donors (Lipinski definition) is 2. The second kappa shape index (κ2) is 5.75. The third kappa shape index (κ3) is 2.88. The second-order valence-corrected chi connectivity index (χ2v) is 4.47. The number of phenolic OH excluding ortho intramolecular Hbond substituents is 2. The first kappa shape index (κ1) is 13.4. The van der Waals surface area contributed by atoms with Crippen molar-refractivity contribution in [2.75, 3.05) is 26.8 Å². The van der Waals surface area contributed by atoms with Crippen LogP contribution in [-0.2, 0) is 4.74 Å². The lowest BCUT2D eigenvalue weighted by Gasteiger charge is -2.26. The number of nitrogens with zero attached hydrogens (tertiary/aromatic N) is 1. The summed E-state index contributed by atoms with van der Waals surface area (Å²) in [5, 5.41) is 19.1. The van der Waals surface area contributed by atoms with Gasteiger partial charge in [0.2, 0.25) is 0 Å². The highest BCUT2D eigenvalue weighted by Crippen LogP contribution is 2.29. The first-order valence-corrected chi connectivity index (χ1v) is 6.10. The molecule has 19 heavy (non-hydrogen) atoms. The number of carbonyl (C=O) groups excluding carboxylic acids is 1. The van der Waals surface area contributed by atoms with Crippen molar-refractivity contribution in [1.82, 2.24) is 4.90 Å². The van der Waals surface area contributed by atoms with Crippen LogP contribution in [0.1, 0.15) is 16.8 Å². The molecule has 0 saturated heterocycles. The van der Waals surface area contributed by atoms with Gasteiger partial charge in [0.1, 0.15) is 0 Å². The Morgan fingerprint density at radius 2 is 2.21 bits per heavy atom. The number of methoxy groups -OCH3 is 1. The molecule has 1 amide bonds. The van der Waals surface area contributed by atoms with Crippen molar-refractivity contribution in [2.45, 2.75) is 6.42 Å². The van der Waals surface area contributed by atoms with Crippen molar-refractivity contribution in [1.29, 1.82) is 0 Å². The van der Waals surface area contributed by atoms with Crippen LogP contribution in [0.25, 0.3) is 0 Å². The first-order chi connectivity index (χ1) is 9.13. The van der Waals surface area contributed by atoms with Gasteiger partial charge in [0.05, 0.1) is 12.2 Å². The highest BCUT2D eigenvalue weighted by atomic mass is 16.5. The van der Waals surface area contributed by atoms with Gasteiger partial charge in [0.25, 0.3) is 5.91 Å². The van der Waals surface area contributed by atoms with Gasteiger partial charge in [-0.3, -0.25) is 4.79 Å². The molecular formula is C14H17NO4. The molecule has 0 aliphatic carbocycles. The van der Waals surface area contributed by atoms with Crippen LogP contribution < -0.4 is 0 Å². The molecule has 0 unspecified atom stereocenters. The summed E-state index contributed by atoms with van der Waals surface area (Å²) in [5.41, 5.74) is 1.30. The zero-order chi connectivity index (χ0) is 13.8. The predicted molar refractivity (Wildman–Crippen MR) is 70.3 cm³/mol. The van der Waals surface area contributed by atoms with E-state index in [-0.39, 0.29) is 23.0 Å². The van der Waals surface area contributed by atoms with E-state index in [0.717, 1.165) is 6.42 Å². The monoisotopic (exact) mass is 263 g/mol.